The highest BCUT2D eigenvalue weighted by molar-refractivity contribution is 5.16. The third kappa shape index (κ3) is 4.83. The molecular weight excluding hydrogens is 367 g/mol. The lowest BCUT2D eigenvalue weighted by Crippen LogP contribution is -3.30. The predicted molar refractivity (Wildman–Crippen MR) is 109 cm³/mol. The fourth-order valence-electron chi connectivity index (χ4n) is 5.38. The molecule has 7 heteroatoms. The quantitative estimate of drug-likeness (QED) is 0.747. The SMILES string of the molecule is CC(C)[C@H](c1nnnn1Cc1ccc(F)cc1)[NH+]1CC[NH+](C2CCCCC2)CC1. The van der Waals surface area contributed by atoms with Gasteiger partial charge in [-0.1, -0.05) is 32.4 Å². The Labute approximate surface area is 173 Å². The van der Waals surface area contributed by atoms with Crippen molar-refractivity contribution in [2.75, 3.05) is 26.2 Å². The molecule has 2 aliphatic rings. The summed E-state index contributed by atoms with van der Waals surface area (Å²) in [4.78, 5) is 3.43. The van der Waals surface area contributed by atoms with Crippen molar-refractivity contribution in [3.63, 3.8) is 0 Å². The van der Waals surface area contributed by atoms with Gasteiger partial charge in [-0.05, 0) is 53.8 Å². The van der Waals surface area contributed by atoms with Crippen molar-refractivity contribution in [3.8, 4) is 0 Å². The topological polar surface area (TPSA) is 52.5 Å². The first kappa shape index (κ1) is 20.4. The lowest BCUT2D eigenvalue weighted by Gasteiger charge is -2.39. The monoisotopic (exact) mass is 402 g/mol. The summed E-state index contributed by atoms with van der Waals surface area (Å²) in [6.45, 7) is 9.99. The molecule has 0 radical (unpaired) electrons. The molecule has 2 fully saturated rings. The maximum absolute atomic E-state index is 13.2. The van der Waals surface area contributed by atoms with Crippen LogP contribution in [0.2, 0.25) is 0 Å². The van der Waals surface area contributed by atoms with Gasteiger partial charge in [-0.2, -0.15) is 0 Å². The Morgan fingerprint density at radius 3 is 2.38 bits per heavy atom. The van der Waals surface area contributed by atoms with Gasteiger partial charge >= 0.3 is 0 Å². The summed E-state index contributed by atoms with van der Waals surface area (Å²) in [5.74, 6) is 1.20. The summed E-state index contributed by atoms with van der Waals surface area (Å²) >= 11 is 0. The third-order valence-corrected chi connectivity index (χ3v) is 6.91. The van der Waals surface area contributed by atoms with Crippen LogP contribution in [0, 0.1) is 11.7 Å². The van der Waals surface area contributed by atoms with E-state index in [2.05, 4.69) is 29.4 Å². The van der Waals surface area contributed by atoms with E-state index in [0.717, 1.165) is 17.4 Å². The summed E-state index contributed by atoms with van der Waals surface area (Å²) in [6.07, 6.45) is 7.07. The molecule has 1 atom stereocenters. The number of benzene rings is 1. The normalized spacial score (nSPS) is 24.7. The molecule has 2 N–H and O–H groups in total. The molecule has 0 amide bonds. The van der Waals surface area contributed by atoms with E-state index in [4.69, 9.17) is 0 Å². The Hall–Kier alpha value is -1.86. The first-order valence-corrected chi connectivity index (χ1v) is 11.3. The summed E-state index contributed by atoms with van der Waals surface area (Å²) < 4.78 is 15.1. The second-order valence-electron chi connectivity index (χ2n) is 9.19. The smallest absolute Gasteiger partial charge is 0.209 e. The molecule has 158 valence electrons. The van der Waals surface area contributed by atoms with E-state index >= 15 is 0 Å². The Morgan fingerprint density at radius 1 is 1.03 bits per heavy atom. The summed E-state index contributed by atoms with van der Waals surface area (Å²) in [6, 6.07) is 7.79. The molecule has 2 heterocycles. The number of aromatic nitrogens is 4. The van der Waals surface area contributed by atoms with E-state index in [1.165, 1.54) is 70.4 Å². The van der Waals surface area contributed by atoms with Gasteiger partial charge in [-0.15, -0.1) is 5.10 Å². The maximum atomic E-state index is 13.2. The van der Waals surface area contributed by atoms with E-state index in [0.29, 0.717) is 18.5 Å². The van der Waals surface area contributed by atoms with Crippen molar-refractivity contribution in [3.05, 3.63) is 41.5 Å². The summed E-state index contributed by atoms with van der Waals surface area (Å²) in [5, 5.41) is 12.7. The minimum absolute atomic E-state index is 0.214. The van der Waals surface area contributed by atoms with Crippen LogP contribution in [0.4, 0.5) is 4.39 Å². The highest BCUT2D eigenvalue weighted by Gasteiger charge is 2.38. The standard InChI is InChI=1S/C22H33FN6/c1-17(2)21(28-14-12-27(13-15-28)20-6-4-3-5-7-20)22-24-25-26-29(22)16-18-8-10-19(23)11-9-18/h8-11,17,20-21H,3-7,12-16H2,1-2H3/p+2/t21-/m1/s1. The Balaban J connectivity index is 1.45. The van der Waals surface area contributed by atoms with Crippen molar-refractivity contribution < 1.29 is 14.2 Å². The third-order valence-electron chi connectivity index (χ3n) is 6.91. The average molecular weight is 403 g/mol. The molecule has 6 nitrogen and oxygen atoms in total. The molecule has 0 spiro atoms. The van der Waals surface area contributed by atoms with Crippen molar-refractivity contribution in [2.24, 2.45) is 5.92 Å². The van der Waals surface area contributed by atoms with Crippen LogP contribution in [-0.4, -0.2) is 52.4 Å². The lowest BCUT2D eigenvalue weighted by molar-refractivity contribution is -1.04. The zero-order valence-corrected chi connectivity index (χ0v) is 17.8. The molecule has 1 saturated heterocycles. The number of nitrogens with one attached hydrogen (secondary N) is 2. The molecule has 0 bridgehead atoms. The number of hydrogen-bond acceptors (Lipinski definition) is 3. The molecule has 1 aliphatic heterocycles. The van der Waals surface area contributed by atoms with E-state index in [-0.39, 0.29) is 5.82 Å². The molecule has 1 aromatic carbocycles. The number of quaternary nitrogens is 2. The Bertz CT molecular complexity index is 760. The van der Waals surface area contributed by atoms with Crippen LogP contribution in [-0.2, 0) is 6.54 Å². The maximum Gasteiger partial charge on any atom is 0.209 e. The van der Waals surface area contributed by atoms with Crippen LogP contribution >= 0.6 is 0 Å². The van der Waals surface area contributed by atoms with E-state index in [9.17, 15) is 4.39 Å². The van der Waals surface area contributed by atoms with Crippen LogP contribution in [0.1, 0.15) is 63.4 Å². The Kier molecular flexibility index (Phi) is 6.55. The second kappa shape index (κ2) is 9.30. The molecule has 29 heavy (non-hydrogen) atoms. The van der Waals surface area contributed by atoms with Crippen LogP contribution in [0.25, 0.3) is 0 Å². The van der Waals surface area contributed by atoms with E-state index in [1.54, 1.807) is 4.90 Å². The van der Waals surface area contributed by atoms with Gasteiger partial charge in [0.05, 0.1) is 12.6 Å². The number of tetrazole rings is 1. The molecule has 1 aliphatic carbocycles. The van der Waals surface area contributed by atoms with Gasteiger partial charge in [0.2, 0.25) is 5.82 Å². The van der Waals surface area contributed by atoms with Crippen LogP contribution in [0.15, 0.2) is 24.3 Å². The number of hydrogen-bond donors (Lipinski definition) is 2. The number of halogens is 1. The minimum atomic E-state index is -0.214. The summed E-state index contributed by atoms with van der Waals surface area (Å²) in [7, 11) is 0. The summed E-state index contributed by atoms with van der Waals surface area (Å²) in [5.41, 5.74) is 1.02. The van der Waals surface area contributed by atoms with E-state index < -0.39 is 0 Å². The van der Waals surface area contributed by atoms with Crippen LogP contribution in [0.5, 0.6) is 0 Å². The first-order valence-electron chi connectivity index (χ1n) is 11.3. The predicted octanol–water partition coefficient (Wildman–Crippen LogP) is 0.674. The molecule has 1 saturated carbocycles. The number of nitrogens with zero attached hydrogens (tertiary/aromatic N) is 4. The Morgan fingerprint density at radius 2 is 1.72 bits per heavy atom. The van der Waals surface area contributed by atoms with Gasteiger partial charge in [0.1, 0.15) is 32.0 Å². The molecule has 4 rings (SSSR count). The number of piperazine rings is 1. The molecule has 2 aromatic rings. The largest absolute Gasteiger partial charge is 0.323 e. The van der Waals surface area contributed by atoms with Crippen LogP contribution < -0.4 is 9.80 Å². The van der Waals surface area contributed by atoms with Gasteiger partial charge in [0.25, 0.3) is 0 Å². The second-order valence-corrected chi connectivity index (χ2v) is 9.19. The van der Waals surface area contributed by atoms with Gasteiger partial charge in [-0.25, -0.2) is 9.07 Å². The fourth-order valence-corrected chi connectivity index (χ4v) is 5.38. The highest BCUT2D eigenvalue weighted by atomic mass is 19.1. The first-order chi connectivity index (χ1) is 14.1. The lowest BCUT2D eigenvalue weighted by atomic mass is 9.93. The molecule has 1 aromatic heterocycles. The minimum Gasteiger partial charge on any atom is -0.323 e. The zero-order chi connectivity index (χ0) is 20.2. The molecular formula is C22H35FN6+2. The average Bonchev–Trinajstić information content (AvgIpc) is 3.18. The van der Waals surface area contributed by atoms with Gasteiger partial charge < -0.3 is 9.80 Å². The van der Waals surface area contributed by atoms with Gasteiger partial charge in [0, 0.05) is 5.92 Å². The van der Waals surface area contributed by atoms with Crippen molar-refractivity contribution >= 4 is 0 Å². The van der Waals surface area contributed by atoms with Crippen molar-refractivity contribution in [1.82, 2.24) is 20.2 Å². The zero-order valence-electron chi connectivity index (χ0n) is 17.8. The van der Waals surface area contributed by atoms with Crippen molar-refractivity contribution in [1.29, 1.82) is 0 Å². The molecule has 0 unspecified atom stereocenters. The van der Waals surface area contributed by atoms with Crippen molar-refractivity contribution in [2.45, 2.75) is 64.6 Å². The van der Waals surface area contributed by atoms with Gasteiger partial charge in [0.15, 0.2) is 6.04 Å². The van der Waals surface area contributed by atoms with E-state index in [1.807, 2.05) is 21.7 Å². The fraction of sp³-hybridized carbons (Fsp3) is 0.682. The van der Waals surface area contributed by atoms with Crippen LogP contribution in [0.3, 0.4) is 0 Å². The number of rotatable bonds is 6. The van der Waals surface area contributed by atoms with Gasteiger partial charge in [-0.3, -0.25) is 0 Å². The highest BCUT2D eigenvalue weighted by Crippen LogP contribution is 2.18.